The maximum Gasteiger partial charge on any atom is 0.573 e. The number of likely N-dealkylation sites (tertiary alicyclic amines) is 1. The number of ether oxygens (including phenoxy) is 1. The van der Waals surface area contributed by atoms with Crippen molar-refractivity contribution in [3.8, 4) is 5.75 Å². The van der Waals surface area contributed by atoms with Crippen LogP contribution in [0, 0.1) is 12.8 Å². The largest absolute Gasteiger partial charge is 0.573 e. The summed E-state index contributed by atoms with van der Waals surface area (Å²) in [5.74, 6) is -3.10. The quantitative estimate of drug-likeness (QED) is 0.394. The lowest BCUT2D eigenvalue weighted by Gasteiger charge is -2.28. The summed E-state index contributed by atoms with van der Waals surface area (Å²) < 4.78 is 57.8. The number of hydrogen-bond acceptors (Lipinski definition) is 6. The Morgan fingerprint density at radius 2 is 1.97 bits per heavy atom. The highest BCUT2D eigenvalue weighted by Crippen LogP contribution is 2.48. The molecule has 2 N–H and O–H groups in total. The monoisotopic (exact) mass is 520 g/mol. The summed E-state index contributed by atoms with van der Waals surface area (Å²) >= 11 is 0. The molecule has 3 amide bonds. The number of piperidine rings is 1. The van der Waals surface area contributed by atoms with Gasteiger partial charge >= 0.3 is 6.36 Å². The molecule has 3 aromatic rings. The lowest BCUT2D eigenvalue weighted by Crippen LogP contribution is -2.48. The van der Waals surface area contributed by atoms with E-state index >= 15 is 4.48 Å². The number of carbonyl (C=O) groups is 3. The summed E-state index contributed by atoms with van der Waals surface area (Å²) in [7, 11) is 0. The number of aryl methyl sites for hydroxylation is 1. The first-order valence-corrected chi connectivity index (χ1v) is 11.2. The molecule has 194 valence electrons. The number of nitrogens with zero attached hydrogens (tertiary/aromatic N) is 5. The summed E-state index contributed by atoms with van der Waals surface area (Å²) in [5, 5.41) is 4.31. The minimum Gasteiger partial charge on any atom is -0.406 e. The molecule has 0 bridgehead atoms. The number of benzene rings is 1. The van der Waals surface area contributed by atoms with Crippen molar-refractivity contribution in [3.63, 3.8) is 0 Å². The molecule has 1 aliphatic heterocycles. The van der Waals surface area contributed by atoms with Crippen molar-refractivity contribution in [2.24, 2.45) is 11.7 Å². The molecule has 1 saturated heterocycles. The van der Waals surface area contributed by atoms with E-state index in [0.717, 1.165) is 24.3 Å². The van der Waals surface area contributed by atoms with Gasteiger partial charge in [-0.15, -0.1) is 18.3 Å². The second-order valence-electron chi connectivity index (χ2n) is 8.94. The number of hydrogen-bond donors (Lipinski definition) is 1. The van der Waals surface area contributed by atoms with E-state index in [2.05, 4.69) is 14.8 Å². The molecule has 1 aliphatic carbocycles. The van der Waals surface area contributed by atoms with Crippen molar-refractivity contribution in [1.29, 1.82) is 0 Å². The Morgan fingerprint density at radius 3 is 2.68 bits per heavy atom. The van der Waals surface area contributed by atoms with Crippen LogP contribution in [-0.4, -0.2) is 55.8 Å². The second kappa shape index (κ2) is 8.71. The lowest BCUT2D eigenvalue weighted by atomic mass is 10.1. The van der Waals surface area contributed by atoms with Crippen molar-refractivity contribution < 1.29 is 36.8 Å². The van der Waals surface area contributed by atoms with Crippen LogP contribution in [0.4, 0.5) is 23.3 Å². The Morgan fingerprint density at radius 1 is 1.22 bits per heavy atom. The van der Waals surface area contributed by atoms with Gasteiger partial charge in [-0.1, -0.05) is 10.5 Å². The van der Waals surface area contributed by atoms with Gasteiger partial charge in [-0.25, -0.2) is 0 Å². The smallest absolute Gasteiger partial charge is 0.406 e. The molecule has 2 fully saturated rings. The van der Waals surface area contributed by atoms with Gasteiger partial charge in [-0.2, -0.15) is 5.10 Å². The van der Waals surface area contributed by atoms with Gasteiger partial charge in [-0.05, 0) is 43.9 Å². The molecule has 37 heavy (non-hydrogen) atoms. The van der Waals surface area contributed by atoms with Gasteiger partial charge in [0.05, 0.1) is 16.9 Å². The third-order valence-corrected chi connectivity index (χ3v) is 6.51. The molecule has 14 heteroatoms. The standard InChI is InChI=1S/C23H20F4N6O4/c1-11-20-15(5-6-29-11)19(21(28)35)30-31(20)10-18(34)32-16-7-12(16)8-17(32)22(36)33(27)13-3-2-4-14(9-13)37-23(24,25)26/h2-6,9,12,16-17H,7-8,10H2,1H3,(H2,28,35)/t12-,16-,17+/m1/s1. The number of amides is 3. The zero-order valence-corrected chi connectivity index (χ0v) is 19.3. The summed E-state index contributed by atoms with van der Waals surface area (Å²) in [6.45, 7) is 1.32. The minimum absolute atomic E-state index is 0.00476. The number of halogens is 4. The molecule has 0 unspecified atom stereocenters. The maximum absolute atomic E-state index is 15.1. The van der Waals surface area contributed by atoms with Crippen LogP contribution in [0.5, 0.6) is 5.75 Å². The van der Waals surface area contributed by atoms with E-state index < -0.39 is 41.6 Å². The van der Waals surface area contributed by atoms with Crippen LogP contribution < -0.4 is 15.6 Å². The predicted octanol–water partition coefficient (Wildman–Crippen LogP) is 2.64. The number of anilines is 1. The fourth-order valence-corrected chi connectivity index (χ4v) is 4.90. The Labute approximate surface area is 206 Å². The van der Waals surface area contributed by atoms with E-state index in [1.165, 1.54) is 15.8 Å². The summed E-state index contributed by atoms with van der Waals surface area (Å²) in [5.41, 5.74) is 5.84. The molecule has 1 saturated carbocycles. The Kier molecular flexibility index (Phi) is 5.76. The first kappa shape index (κ1) is 24.5. The molecule has 0 spiro atoms. The molecule has 2 aliphatic rings. The Hall–Kier alpha value is -4.23. The molecule has 2 aromatic heterocycles. The molecule has 3 atom stereocenters. The zero-order valence-electron chi connectivity index (χ0n) is 19.3. The number of primary amides is 1. The van der Waals surface area contributed by atoms with Gasteiger partial charge in [0.1, 0.15) is 18.3 Å². The number of pyridine rings is 1. The van der Waals surface area contributed by atoms with Crippen molar-refractivity contribution in [2.45, 2.75) is 44.8 Å². The van der Waals surface area contributed by atoms with E-state index in [1.807, 2.05) is 0 Å². The topological polar surface area (TPSA) is 124 Å². The normalized spacial score (nSPS) is 20.6. The van der Waals surface area contributed by atoms with Gasteiger partial charge in [0.2, 0.25) is 5.91 Å². The lowest BCUT2D eigenvalue weighted by molar-refractivity contribution is -0.274. The van der Waals surface area contributed by atoms with E-state index in [9.17, 15) is 27.6 Å². The fourth-order valence-electron chi connectivity index (χ4n) is 4.90. The van der Waals surface area contributed by atoms with Crippen molar-refractivity contribution >= 4 is 34.3 Å². The molecule has 5 rings (SSSR count). The molecule has 1 aromatic carbocycles. The number of fused-ring (bicyclic) bond motifs is 2. The number of carbonyl (C=O) groups excluding carboxylic acids is 3. The highest BCUT2D eigenvalue weighted by Gasteiger charge is 2.57. The van der Waals surface area contributed by atoms with E-state index in [1.54, 1.807) is 13.0 Å². The highest BCUT2D eigenvalue weighted by atomic mass is 19.4. The zero-order chi connectivity index (χ0) is 26.6. The number of rotatable bonds is 6. The number of aromatic nitrogens is 3. The summed E-state index contributed by atoms with van der Waals surface area (Å²) in [4.78, 5) is 43.7. The molecule has 3 heterocycles. The summed E-state index contributed by atoms with van der Waals surface area (Å²) in [6.07, 6.45) is -2.66. The van der Waals surface area contributed by atoms with Crippen molar-refractivity contribution in [1.82, 2.24) is 19.7 Å². The van der Waals surface area contributed by atoms with Gasteiger partial charge < -0.3 is 15.4 Å². The van der Waals surface area contributed by atoms with Gasteiger partial charge in [0.15, 0.2) is 5.69 Å². The molecular formula is C23H20F4N6O4. The van der Waals surface area contributed by atoms with Crippen LogP contribution in [-0.2, 0) is 16.1 Å². The third kappa shape index (κ3) is 4.54. The Bertz CT molecular complexity index is 1420. The van der Waals surface area contributed by atoms with Crippen LogP contribution in [0.15, 0.2) is 36.5 Å². The van der Waals surface area contributed by atoms with Gasteiger partial charge in [-0.3, -0.25) is 24.0 Å². The van der Waals surface area contributed by atoms with Crippen molar-refractivity contribution in [3.05, 3.63) is 47.9 Å². The second-order valence-corrected chi connectivity index (χ2v) is 8.94. The maximum atomic E-state index is 15.1. The van der Waals surface area contributed by atoms with Gasteiger partial charge in [0.25, 0.3) is 11.8 Å². The van der Waals surface area contributed by atoms with E-state index in [-0.39, 0.29) is 35.7 Å². The predicted molar refractivity (Wildman–Crippen MR) is 120 cm³/mol. The molecule has 0 radical (unpaired) electrons. The minimum atomic E-state index is -4.99. The first-order chi connectivity index (χ1) is 17.4. The fraction of sp³-hybridized carbons (Fsp3) is 0.348. The number of alkyl halides is 3. The Balaban J connectivity index is 1.39. The average Bonchev–Trinajstić information content (AvgIpc) is 3.31. The first-order valence-electron chi connectivity index (χ1n) is 11.2. The SMILES string of the molecule is Cc1nccc2c(C(N)=O)nn(CC(=O)N3[C@@H]4C[C@@H]4C[C@H]3C(=O)N(F)c3cccc(OC(F)(F)F)c3)c12. The number of nitrogens with two attached hydrogens (primary N) is 1. The van der Waals surface area contributed by atoms with Crippen LogP contribution in [0.1, 0.15) is 29.0 Å². The van der Waals surface area contributed by atoms with E-state index in [0.29, 0.717) is 23.0 Å². The van der Waals surface area contributed by atoms with Crippen LogP contribution >= 0.6 is 0 Å². The van der Waals surface area contributed by atoms with E-state index in [4.69, 9.17) is 5.73 Å². The highest BCUT2D eigenvalue weighted by molar-refractivity contribution is 6.05. The van der Waals surface area contributed by atoms with Crippen LogP contribution in [0.25, 0.3) is 10.9 Å². The van der Waals surface area contributed by atoms with Gasteiger partial charge in [0, 0.05) is 23.7 Å². The molecular weight excluding hydrogens is 500 g/mol. The summed E-state index contributed by atoms with van der Waals surface area (Å²) in [6, 6.07) is 4.05. The molecule has 10 nitrogen and oxygen atoms in total. The average molecular weight is 520 g/mol. The van der Waals surface area contributed by atoms with Crippen LogP contribution in [0.3, 0.4) is 0 Å². The van der Waals surface area contributed by atoms with Crippen LogP contribution in [0.2, 0.25) is 0 Å². The third-order valence-electron chi connectivity index (χ3n) is 6.51. The van der Waals surface area contributed by atoms with Crippen molar-refractivity contribution in [2.75, 3.05) is 5.12 Å².